The lowest BCUT2D eigenvalue weighted by Crippen LogP contribution is -2.58. The van der Waals surface area contributed by atoms with Crippen molar-refractivity contribution in [2.24, 2.45) is 5.92 Å². The highest BCUT2D eigenvalue weighted by Gasteiger charge is 2.30. The van der Waals surface area contributed by atoms with Crippen LogP contribution in [-0.4, -0.2) is 85.3 Å². The molecule has 12 nitrogen and oxygen atoms in total. The van der Waals surface area contributed by atoms with Crippen molar-refractivity contribution < 1.29 is 33.5 Å². The minimum Gasteiger partial charge on any atom is -0.468 e. The van der Waals surface area contributed by atoms with Crippen LogP contribution >= 0.6 is 11.8 Å². The second-order valence-corrected chi connectivity index (χ2v) is 16.2. The van der Waals surface area contributed by atoms with E-state index in [1.165, 1.54) is 63.8 Å². The van der Waals surface area contributed by atoms with Gasteiger partial charge in [-0.1, -0.05) is 135 Å². The highest BCUT2D eigenvalue weighted by Crippen LogP contribution is 2.12. The molecule has 0 aliphatic heterocycles. The van der Waals surface area contributed by atoms with Crippen LogP contribution in [0.15, 0.2) is 30.3 Å². The zero-order valence-corrected chi connectivity index (χ0v) is 35.8. The number of unbranched alkanes of at least 4 members (excludes halogenated alkanes) is 12. The third kappa shape index (κ3) is 25.5. The summed E-state index contributed by atoms with van der Waals surface area (Å²) in [7, 11) is 1.22. The zero-order valence-electron chi connectivity index (χ0n) is 35.0. The van der Waals surface area contributed by atoms with Crippen LogP contribution in [0.1, 0.15) is 142 Å². The van der Waals surface area contributed by atoms with Crippen LogP contribution < -0.4 is 26.6 Å². The van der Waals surface area contributed by atoms with Crippen molar-refractivity contribution in [2.75, 3.05) is 31.7 Å². The SMILES string of the molecule is CCCCCCCCCC(=O)NCCSC[C@H](NC(=O)CCCCCCCCC)C(=O)N[C@@H](Cc1ccccc1)C(=O)N[C@@H](CC(C)C)C(=O)NCC(=O)OC. The van der Waals surface area contributed by atoms with Crippen molar-refractivity contribution in [1.29, 1.82) is 0 Å². The van der Waals surface area contributed by atoms with E-state index in [1.807, 2.05) is 44.2 Å². The highest BCUT2D eigenvalue weighted by molar-refractivity contribution is 7.99. The number of hydrogen-bond acceptors (Lipinski definition) is 8. The zero-order chi connectivity index (χ0) is 41.4. The molecule has 0 aliphatic carbocycles. The number of methoxy groups -OCH3 is 1. The Hall–Kier alpha value is -3.61. The van der Waals surface area contributed by atoms with Crippen LogP contribution in [0.4, 0.5) is 0 Å². The van der Waals surface area contributed by atoms with Gasteiger partial charge in [0.2, 0.25) is 29.5 Å². The first-order valence-corrected chi connectivity index (χ1v) is 22.3. The largest absolute Gasteiger partial charge is 0.468 e. The van der Waals surface area contributed by atoms with Gasteiger partial charge in [-0.2, -0.15) is 11.8 Å². The topological polar surface area (TPSA) is 172 Å². The number of hydrogen-bond donors (Lipinski definition) is 5. The van der Waals surface area contributed by atoms with E-state index in [0.717, 1.165) is 50.5 Å². The van der Waals surface area contributed by atoms with Gasteiger partial charge in [-0.3, -0.25) is 28.8 Å². The minimum atomic E-state index is -1.06. The molecule has 13 heteroatoms. The van der Waals surface area contributed by atoms with Gasteiger partial charge in [0, 0.05) is 37.3 Å². The van der Waals surface area contributed by atoms with E-state index in [-0.39, 0.29) is 36.5 Å². The normalized spacial score (nSPS) is 12.6. The van der Waals surface area contributed by atoms with E-state index in [9.17, 15) is 28.8 Å². The summed E-state index contributed by atoms with van der Waals surface area (Å²) in [6.07, 6.45) is 16.7. The van der Waals surface area contributed by atoms with Crippen LogP contribution in [-0.2, 0) is 39.9 Å². The molecule has 0 heterocycles. The highest BCUT2D eigenvalue weighted by atomic mass is 32.2. The number of ether oxygens (including phenoxy) is 1. The second kappa shape index (κ2) is 32.5. The average molecular weight is 804 g/mol. The first kappa shape index (κ1) is 50.4. The lowest BCUT2D eigenvalue weighted by atomic mass is 10.0. The van der Waals surface area contributed by atoms with Crippen molar-refractivity contribution in [2.45, 2.75) is 161 Å². The summed E-state index contributed by atoms with van der Waals surface area (Å²) in [4.78, 5) is 78.1. The number of benzene rings is 1. The van der Waals surface area contributed by atoms with Gasteiger partial charge in [-0.25, -0.2) is 0 Å². The molecule has 0 radical (unpaired) electrons. The minimum absolute atomic E-state index is 0.0148. The molecule has 1 aromatic rings. The molecule has 1 rings (SSSR count). The van der Waals surface area contributed by atoms with Gasteiger partial charge in [0.25, 0.3) is 0 Å². The summed E-state index contributed by atoms with van der Waals surface area (Å²) in [5, 5.41) is 14.1. The summed E-state index contributed by atoms with van der Waals surface area (Å²) in [5.41, 5.74) is 0.796. The molecule has 0 spiro atoms. The van der Waals surface area contributed by atoms with Gasteiger partial charge in [0.15, 0.2) is 0 Å². The quantitative estimate of drug-likeness (QED) is 0.0416. The van der Waals surface area contributed by atoms with Crippen LogP contribution in [0.5, 0.6) is 0 Å². The van der Waals surface area contributed by atoms with E-state index in [4.69, 9.17) is 0 Å². The fourth-order valence-electron chi connectivity index (χ4n) is 6.15. The van der Waals surface area contributed by atoms with E-state index in [2.05, 4.69) is 45.2 Å². The lowest BCUT2D eigenvalue weighted by molar-refractivity contribution is -0.141. The fraction of sp³-hybridized carbons (Fsp3) is 0.721. The Morgan fingerprint density at radius 3 is 1.73 bits per heavy atom. The number of esters is 1. The molecular weight excluding hydrogens is 731 g/mol. The lowest BCUT2D eigenvalue weighted by Gasteiger charge is -2.26. The maximum Gasteiger partial charge on any atom is 0.325 e. The first-order chi connectivity index (χ1) is 27.0. The van der Waals surface area contributed by atoms with Gasteiger partial charge < -0.3 is 31.3 Å². The molecule has 0 saturated heterocycles. The van der Waals surface area contributed by atoms with Crippen molar-refractivity contribution in [1.82, 2.24) is 26.6 Å². The molecule has 0 aromatic heterocycles. The molecule has 0 fully saturated rings. The third-order valence-electron chi connectivity index (χ3n) is 9.41. The maximum absolute atomic E-state index is 14.0. The van der Waals surface area contributed by atoms with E-state index in [1.54, 1.807) is 0 Å². The Kier molecular flexibility index (Phi) is 29.2. The summed E-state index contributed by atoms with van der Waals surface area (Å²) in [5.74, 6) is -1.63. The summed E-state index contributed by atoms with van der Waals surface area (Å²) in [6, 6.07) is 6.27. The molecule has 3 atom stereocenters. The molecule has 1 aromatic carbocycles. The van der Waals surface area contributed by atoms with Crippen molar-refractivity contribution in [3.05, 3.63) is 35.9 Å². The van der Waals surface area contributed by atoms with Gasteiger partial charge in [-0.05, 0) is 30.7 Å². The Labute approximate surface area is 341 Å². The first-order valence-electron chi connectivity index (χ1n) is 21.1. The van der Waals surface area contributed by atoms with Crippen LogP contribution in [0, 0.1) is 5.92 Å². The summed E-state index contributed by atoms with van der Waals surface area (Å²) >= 11 is 1.44. The predicted octanol–water partition coefficient (Wildman–Crippen LogP) is 6.15. The monoisotopic (exact) mass is 804 g/mol. The standard InChI is InChI=1S/C43H73N5O7S/c1-6-8-10-12-14-16-21-25-38(49)44-27-28-56-32-37(46-39(50)26-22-17-15-13-11-9-7-2)43(54)48-36(30-34-23-19-18-20-24-34)42(53)47-35(29-33(3)4)41(52)45-31-40(51)55-5/h18-20,23-24,33,35-37H,6-17,21-22,25-32H2,1-5H3,(H,44,49)(H,45,52)(H,46,50)(H,47,53)(H,48,54)/t35-,36-,37-/m0/s1. The van der Waals surface area contributed by atoms with Gasteiger partial charge in [-0.15, -0.1) is 0 Å². The Balaban J connectivity index is 2.99. The molecule has 5 amide bonds. The summed E-state index contributed by atoms with van der Waals surface area (Å²) in [6.45, 7) is 8.30. The van der Waals surface area contributed by atoms with Crippen molar-refractivity contribution >= 4 is 47.3 Å². The molecule has 0 saturated carbocycles. The van der Waals surface area contributed by atoms with Gasteiger partial charge >= 0.3 is 5.97 Å². The van der Waals surface area contributed by atoms with Gasteiger partial charge in [0.1, 0.15) is 24.7 Å². The molecule has 0 aliphatic rings. The third-order valence-corrected chi connectivity index (χ3v) is 10.5. The number of carbonyl (C=O) groups excluding carboxylic acids is 6. The Bertz CT molecular complexity index is 1270. The molecule has 0 unspecified atom stereocenters. The Morgan fingerprint density at radius 1 is 0.625 bits per heavy atom. The predicted molar refractivity (Wildman–Crippen MR) is 226 cm³/mol. The fourth-order valence-corrected chi connectivity index (χ4v) is 7.03. The van der Waals surface area contributed by atoms with Crippen LogP contribution in [0.25, 0.3) is 0 Å². The van der Waals surface area contributed by atoms with Crippen LogP contribution in [0.3, 0.4) is 0 Å². The van der Waals surface area contributed by atoms with Crippen LogP contribution in [0.2, 0.25) is 0 Å². The number of rotatable bonds is 33. The number of thioether (sulfide) groups is 1. The van der Waals surface area contributed by atoms with Crippen molar-refractivity contribution in [3.8, 4) is 0 Å². The Morgan fingerprint density at radius 2 is 1.16 bits per heavy atom. The maximum atomic E-state index is 14.0. The smallest absolute Gasteiger partial charge is 0.325 e. The number of amides is 5. The molecule has 0 bridgehead atoms. The van der Waals surface area contributed by atoms with Crippen molar-refractivity contribution in [3.63, 3.8) is 0 Å². The summed E-state index contributed by atoms with van der Waals surface area (Å²) < 4.78 is 4.63. The second-order valence-electron chi connectivity index (χ2n) is 15.0. The van der Waals surface area contributed by atoms with E-state index < -0.39 is 41.8 Å². The molecule has 318 valence electrons. The average Bonchev–Trinajstić information content (AvgIpc) is 3.18. The molecule has 5 N–H and O–H groups in total. The van der Waals surface area contributed by atoms with E-state index >= 15 is 0 Å². The number of carbonyl (C=O) groups is 6. The number of nitrogens with one attached hydrogen (secondary N) is 5. The molecule has 56 heavy (non-hydrogen) atoms. The molecular formula is C43H73N5O7S. The van der Waals surface area contributed by atoms with E-state index in [0.29, 0.717) is 31.6 Å². The van der Waals surface area contributed by atoms with Gasteiger partial charge in [0.05, 0.1) is 7.11 Å².